The van der Waals surface area contributed by atoms with E-state index in [1.165, 1.54) is 14.2 Å². The average molecular weight is 329 g/mol. The first-order chi connectivity index (χ1) is 11.7. The summed E-state index contributed by atoms with van der Waals surface area (Å²) in [6.45, 7) is 2.30. The molecule has 1 saturated heterocycles. The Morgan fingerprint density at radius 2 is 1.79 bits per heavy atom. The fourth-order valence-corrected chi connectivity index (χ4v) is 3.71. The molecule has 0 saturated carbocycles. The Labute approximate surface area is 139 Å². The second kappa shape index (κ2) is 5.77. The van der Waals surface area contributed by atoms with Gasteiger partial charge in [-0.15, -0.1) is 4.98 Å². The van der Waals surface area contributed by atoms with E-state index in [-0.39, 0.29) is 17.6 Å². The van der Waals surface area contributed by atoms with Crippen molar-refractivity contribution in [2.75, 3.05) is 32.2 Å². The monoisotopic (exact) mass is 329 g/mol. The summed E-state index contributed by atoms with van der Waals surface area (Å²) in [5.74, 6) is 1.24. The molecule has 1 fully saturated rings. The third kappa shape index (κ3) is 2.47. The van der Waals surface area contributed by atoms with Crippen LogP contribution in [0.5, 0.6) is 12.0 Å². The molecule has 2 aliphatic heterocycles. The number of nitrogens with zero attached hydrogens (tertiary/aromatic N) is 5. The van der Waals surface area contributed by atoms with Gasteiger partial charge < -0.3 is 18.9 Å². The molecule has 2 bridgehead atoms. The molecule has 0 spiro atoms. The van der Waals surface area contributed by atoms with Crippen LogP contribution in [0.2, 0.25) is 0 Å². The lowest BCUT2D eigenvalue weighted by molar-refractivity contribution is 0.277. The zero-order valence-corrected chi connectivity index (χ0v) is 13.7. The van der Waals surface area contributed by atoms with Crippen molar-refractivity contribution in [3.63, 3.8) is 0 Å². The average Bonchev–Trinajstić information content (AvgIpc) is 2.62. The lowest BCUT2D eigenvalue weighted by atomic mass is 9.83. The van der Waals surface area contributed by atoms with E-state index >= 15 is 0 Å². The van der Waals surface area contributed by atoms with E-state index in [4.69, 9.17) is 9.47 Å². The van der Waals surface area contributed by atoms with Crippen LogP contribution in [0.3, 0.4) is 0 Å². The van der Waals surface area contributed by atoms with Crippen molar-refractivity contribution < 1.29 is 9.47 Å². The Balaban J connectivity index is 1.68. The minimum atomic E-state index is 0.0825. The van der Waals surface area contributed by atoms with Gasteiger partial charge in [0.25, 0.3) is 5.56 Å². The molecule has 0 aliphatic carbocycles. The van der Waals surface area contributed by atoms with Crippen molar-refractivity contribution in [1.82, 2.24) is 19.5 Å². The maximum Gasteiger partial charge on any atom is 0.324 e. The maximum atomic E-state index is 12.1. The third-order valence-electron chi connectivity index (χ3n) is 4.71. The lowest BCUT2D eigenvalue weighted by Gasteiger charge is -2.42. The maximum absolute atomic E-state index is 12.1. The van der Waals surface area contributed by atoms with Gasteiger partial charge in [-0.05, 0) is 18.4 Å². The number of hydrogen-bond donors (Lipinski definition) is 0. The Morgan fingerprint density at radius 3 is 2.50 bits per heavy atom. The number of piperidine rings is 1. The van der Waals surface area contributed by atoms with Gasteiger partial charge in [-0.1, -0.05) is 6.07 Å². The van der Waals surface area contributed by atoms with Crippen molar-refractivity contribution in [1.29, 1.82) is 0 Å². The van der Waals surface area contributed by atoms with Crippen molar-refractivity contribution in [2.24, 2.45) is 5.92 Å². The van der Waals surface area contributed by atoms with E-state index in [0.717, 1.165) is 31.7 Å². The van der Waals surface area contributed by atoms with Crippen LogP contribution in [0, 0.1) is 5.92 Å². The van der Waals surface area contributed by atoms with Crippen LogP contribution < -0.4 is 19.9 Å². The van der Waals surface area contributed by atoms with Gasteiger partial charge >= 0.3 is 12.0 Å². The summed E-state index contributed by atoms with van der Waals surface area (Å²) in [6.07, 6.45) is 1.08. The first-order valence-electron chi connectivity index (χ1n) is 7.96. The standard InChI is InChI=1S/C16H19N5O3/c1-23-15-17-14(18-16(19-15)24-2)20-7-10-6-11(9-20)12-4-3-5-13(22)21(12)8-10/h3-5,10-11H,6-9H2,1-2H3/t10-,11+/m0/s1. The van der Waals surface area contributed by atoms with E-state index in [1.807, 2.05) is 16.7 Å². The molecule has 2 atom stereocenters. The molecule has 4 heterocycles. The fourth-order valence-electron chi connectivity index (χ4n) is 3.71. The first kappa shape index (κ1) is 14.9. The van der Waals surface area contributed by atoms with Gasteiger partial charge in [-0.2, -0.15) is 9.97 Å². The summed E-state index contributed by atoms with van der Waals surface area (Å²) >= 11 is 0. The van der Waals surface area contributed by atoms with Gasteiger partial charge in [-0.3, -0.25) is 4.79 Å². The van der Waals surface area contributed by atoms with Crippen molar-refractivity contribution in [2.45, 2.75) is 18.9 Å². The second-order valence-electron chi connectivity index (χ2n) is 6.21. The lowest BCUT2D eigenvalue weighted by Crippen LogP contribution is -2.47. The molecule has 8 nitrogen and oxygen atoms in total. The molecule has 0 aromatic carbocycles. The summed E-state index contributed by atoms with van der Waals surface area (Å²) < 4.78 is 12.2. The van der Waals surface area contributed by atoms with Crippen LogP contribution in [-0.4, -0.2) is 46.8 Å². The largest absolute Gasteiger partial charge is 0.467 e. The quantitative estimate of drug-likeness (QED) is 0.818. The molecule has 2 aliphatic rings. The molecule has 8 heteroatoms. The number of hydrogen-bond acceptors (Lipinski definition) is 7. The minimum absolute atomic E-state index is 0.0825. The topological polar surface area (TPSA) is 82.4 Å². The number of fused-ring (bicyclic) bond motifs is 4. The van der Waals surface area contributed by atoms with Crippen molar-refractivity contribution >= 4 is 5.95 Å². The number of rotatable bonds is 3. The minimum Gasteiger partial charge on any atom is -0.467 e. The summed E-state index contributed by atoms with van der Waals surface area (Å²) in [5, 5.41) is 0. The Hall–Kier alpha value is -2.64. The summed E-state index contributed by atoms with van der Waals surface area (Å²) in [6, 6.07) is 5.99. The zero-order chi connectivity index (χ0) is 16.7. The third-order valence-corrected chi connectivity index (χ3v) is 4.71. The summed E-state index contributed by atoms with van der Waals surface area (Å²) in [7, 11) is 3.04. The molecule has 0 radical (unpaired) electrons. The highest BCUT2D eigenvalue weighted by Gasteiger charge is 2.35. The van der Waals surface area contributed by atoms with E-state index in [2.05, 4.69) is 19.9 Å². The van der Waals surface area contributed by atoms with Crippen molar-refractivity contribution in [3.05, 3.63) is 34.2 Å². The molecule has 0 N–H and O–H groups in total. The Bertz CT molecular complexity index is 799. The van der Waals surface area contributed by atoms with Crippen LogP contribution in [-0.2, 0) is 6.54 Å². The Kier molecular flexibility index (Phi) is 3.59. The molecular formula is C16H19N5O3. The highest BCUT2D eigenvalue weighted by atomic mass is 16.5. The SMILES string of the molecule is COc1nc(OC)nc(N2C[C@@H]3C[C@H](C2)c2cccc(=O)n2C3)n1. The van der Waals surface area contributed by atoms with E-state index < -0.39 is 0 Å². The molecule has 4 rings (SSSR count). The van der Waals surface area contributed by atoms with Gasteiger partial charge in [-0.25, -0.2) is 0 Å². The van der Waals surface area contributed by atoms with Crippen LogP contribution in [0.1, 0.15) is 18.0 Å². The van der Waals surface area contributed by atoms with Crippen LogP contribution in [0.4, 0.5) is 5.95 Å². The molecule has 2 aromatic rings. The van der Waals surface area contributed by atoms with Gasteiger partial charge in [0.15, 0.2) is 0 Å². The summed E-state index contributed by atoms with van der Waals surface area (Å²) in [4.78, 5) is 27.0. The van der Waals surface area contributed by atoms with E-state index in [1.54, 1.807) is 6.07 Å². The zero-order valence-electron chi connectivity index (χ0n) is 13.7. The number of pyridine rings is 1. The number of ether oxygens (including phenoxy) is 2. The van der Waals surface area contributed by atoms with Crippen LogP contribution >= 0.6 is 0 Å². The van der Waals surface area contributed by atoms with E-state index in [9.17, 15) is 4.79 Å². The van der Waals surface area contributed by atoms with Gasteiger partial charge in [0.1, 0.15) is 0 Å². The van der Waals surface area contributed by atoms with Gasteiger partial charge in [0, 0.05) is 37.3 Å². The fraction of sp³-hybridized carbons (Fsp3) is 0.500. The van der Waals surface area contributed by atoms with Crippen molar-refractivity contribution in [3.8, 4) is 12.0 Å². The van der Waals surface area contributed by atoms with Crippen LogP contribution in [0.15, 0.2) is 23.0 Å². The highest BCUT2D eigenvalue weighted by Crippen LogP contribution is 2.36. The summed E-state index contributed by atoms with van der Waals surface area (Å²) in [5.41, 5.74) is 1.18. The van der Waals surface area contributed by atoms with Gasteiger partial charge in [0.05, 0.1) is 14.2 Å². The predicted molar refractivity (Wildman–Crippen MR) is 86.7 cm³/mol. The number of anilines is 1. The molecular weight excluding hydrogens is 310 g/mol. The highest BCUT2D eigenvalue weighted by molar-refractivity contribution is 5.36. The Morgan fingerprint density at radius 1 is 1.04 bits per heavy atom. The predicted octanol–water partition coefficient (Wildman–Crippen LogP) is 0.674. The molecule has 24 heavy (non-hydrogen) atoms. The van der Waals surface area contributed by atoms with Crippen LogP contribution in [0.25, 0.3) is 0 Å². The molecule has 0 amide bonds. The first-order valence-corrected chi connectivity index (χ1v) is 7.96. The number of methoxy groups -OCH3 is 2. The number of aromatic nitrogens is 4. The molecule has 0 unspecified atom stereocenters. The second-order valence-corrected chi connectivity index (χ2v) is 6.21. The van der Waals surface area contributed by atoms with Gasteiger partial charge in [0.2, 0.25) is 5.95 Å². The molecule has 126 valence electrons. The van der Waals surface area contributed by atoms with E-state index in [0.29, 0.717) is 17.8 Å². The molecule has 2 aromatic heterocycles. The smallest absolute Gasteiger partial charge is 0.324 e. The normalized spacial score (nSPS) is 22.0.